The Morgan fingerprint density at radius 1 is 1.10 bits per heavy atom. The summed E-state index contributed by atoms with van der Waals surface area (Å²) in [7, 11) is 3.24. The quantitative estimate of drug-likeness (QED) is 0.791. The van der Waals surface area contributed by atoms with Crippen molar-refractivity contribution in [2.24, 2.45) is 0 Å². The summed E-state index contributed by atoms with van der Waals surface area (Å²) in [5.74, 6) is 2.05. The van der Waals surface area contributed by atoms with Crippen LogP contribution >= 0.6 is 0 Å². The summed E-state index contributed by atoms with van der Waals surface area (Å²) in [5, 5.41) is 2.85. The highest BCUT2D eigenvalue weighted by Gasteiger charge is 2.32. The molecular weight excluding hydrogens is 384 g/mol. The Kier molecular flexibility index (Phi) is 5.79. The molecule has 2 aromatic rings. The van der Waals surface area contributed by atoms with Crippen molar-refractivity contribution in [1.29, 1.82) is 0 Å². The van der Waals surface area contributed by atoms with E-state index >= 15 is 0 Å². The Labute approximate surface area is 175 Å². The fraction of sp³-hybridized carbons (Fsp3) is 0.391. The minimum absolute atomic E-state index is 0.0277. The van der Waals surface area contributed by atoms with E-state index in [9.17, 15) is 9.59 Å². The molecule has 1 atom stereocenters. The highest BCUT2D eigenvalue weighted by Crippen LogP contribution is 2.38. The van der Waals surface area contributed by atoms with Crippen LogP contribution in [0.3, 0.4) is 0 Å². The Morgan fingerprint density at radius 3 is 2.73 bits per heavy atom. The van der Waals surface area contributed by atoms with Crippen molar-refractivity contribution in [2.75, 3.05) is 32.7 Å². The van der Waals surface area contributed by atoms with Crippen LogP contribution in [0.2, 0.25) is 0 Å². The smallest absolute Gasteiger partial charge is 0.261 e. The third-order valence-electron chi connectivity index (χ3n) is 5.71. The second-order valence-corrected chi connectivity index (χ2v) is 7.51. The molecule has 7 heteroatoms. The van der Waals surface area contributed by atoms with Crippen molar-refractivity contribution in [2.45, 2.75) is 31.7 Å². The number of benzene rings is 2. The first-order valence-corrected chi connectivity index (χ1v) is 10.2. The van der Waals surface area contributed by atoms with E-state index in [0.29, 0.717) is 25.1 Å². The van der Waals surface area contributed by atoms with Crippen LogP contribution in [0.1, 0.15) is 36.4 Å². The SMILES string of the molecule is COc1ccc(C2CCCN2C(=O)COc2ccc3c(c2)CCC(=O)N3)c(OC)c1. The summed E-state index contributed by atoms with van der Waals surface area (Å²) in [6, 6.07) is 11.2. The molecule has 2 amide bonds. The number of carbonyl (C=O) groups excluding carboxylic acids is 2. The summed E-state index contributed by atoms with van der Waals surface area (Å²) in [4.78, 5) is 26.3. The number of nitrogens with one attached hydrogen (secondary N) is 1. The van der Waals surface area contributed by atoms with Crippen LogP contribution in [-0.4, -0.2) is 44.1 Å². The second-order valence-electron chi connectivity index (χ2n) is 7.51. The van der Waals surface area contributed by atoms with Gasteiger partial charge in [0.1, 0.15) is 17.2 Å². The number of amides is 2. The van der Waals surface area contributed by atoms with Crippen molar-refractivity contribution in [3.8, 4) is 17.2 Å². The van der Waals surface area contributed by atoms with Crippen LogP contribution < -0.4 is 19.5 Å². The lowest BCUT2D eigenvalue weighted by Crippen LogP contribution is -2.34. The fourth-order valence-electron chi connectivity index (χ4n) is 4.16. The Bertz CT molecular complexity index is 959. The van der Waals surface area contributed by atoms with Crippen LogP contribution in [0.5, 0.6) is 17.2 Å². The summed E-state index contributed by atoms with van der Waals surface area (Å²) in [6.07, 6.45) is 2.96. The van der Waals surface area contributed by atoms with Gasteiger partial charge >= 0.3 is 0 Å². The summed E-state index contributed by atoms with van der Waals surface area (Å²) in [5.41, 5.74) is 2.83. The molecule has 0 bridgehead atoms. The highest BCUT2D eigenvalue weighted by atomic mass is 16.5. The normalized spacial score (nSPS) is 17.9. The van der Waals surface area contributed by atoms with Crippen molar-refractivity contribution in [3.05, 3.63) is 47.5 Å². The zero-order valence-electron chi connectivity index (χ0n) is 17.3. The summed E-state index contributed by atoms with van der Waals surface area (Å²) in [6.45, 7) is 0.665. The molecule has 7 nitrogen and oxygen atoms in total. The molecule has 30 heavy (non-hydrogen) atoms. The molecule has 0 saturated carbocycles. The third kappa shape index (κ3) is 4.06. The van der Waals surface area contributed by atoms with Gasteiger partial charge < -0.3 is 24.4 Å². The molecular formula is C23H26N2O5. The molecule has 0 aromatic heterocycles. The molecule has 2 aromatic carbocycles. The molecule has 0 aliphatic carbocycles. The van der Waals surface area contributed by atoms with Gasteiger partial charge in [0.2, 0.25) is 5.91 Å². The number of carbonyl (C=O) groups is 2. The molecule has 2 heterocycles. The van der Waals surface area contributed by atoms with Crippen LogP contribution in [0.25, 0.3) is 0 Å². The third-order valence-corrected chi connectivity index (χ3v) is 5.71. The number of anilines is 1. The van der Waals surface area contributed by atoms with Gasteiger partial charge in [-0.05, 0) is 55.2 Å². The molecule has 158 valence electrons. The van der Waals surface area contributed by atoms with Crippen LogP contribution in [0.15, 0.2) is 36.4 Å². The first kappa shape index (κ1) is 20.1. The van der Waals surface area contributed by atoms with Crippen molar-refractivity contribution >= 4 is 17.5 Å². The van der Waals surface area contributed by atoms with Crippen LogP contribution in [0, 0.1) is 0 Å². The van der Waals surface area contributed by atoms with E-state index in [-0.39, 0.29) is 24.5 Å². The van der Waals surface area contributed by atoms with Gasteiger partial charge in [0.05, 0.1) is 20.3 Å². The topological polar surface area (TPSA) is 77.1 Å². The zero-order chi connectivity index (χ0) is 21.1. The average molecular weight is 410 g/mol. The highest BCUT2D eigenvalue weighted by molar-refractivity contribution is 5.94. The Balaban J connectivity index is 1.44. The average Bonchev–Trinajstić information content (AvgIpc) is 3.26. The van der Waals surface area contributed by atoms with Crippen LogP contribution in [0.4, 0.5) is 5.69 Å². The second kappa shape index (κ2) is 8.65. The fourth-order valence-corrected chi connectivity index (χ4v) is 4.16. The van der Waals surface area contributed by atoms with Gasteiger partial charge in [0.25, 0.3) is 5.91 Å². The summed E-state index contributed by atoms with van der Waals surface area (Å²) < 4.78 is 16.6. The molecule has 2 aliphatic heterocycles. The van der Waals surface area contributed by atoms with Crippen molar-refractivity contribution < 1.29 is 23.8 Å². The van der Waals surface area contributed by atoms with Crippen LogP contribution in [-0.2, 0) is 16.0 Å². The predicted octanol–water partition coefficient (Wildman–Crippen LogP) is 3.33. The number of methoxy groups -OCH3 is 2. The first-order chi connectivity index (χ1) is 14.6. The molecule has 1 fully saturated rings. The minimum atomic E-state index is -0.0543. The lowest BCUT2D eigenvalue weighted by Gasteiger charge is -2.26. The Hall–Kier alpha value is -3.22. The maximum absolute atomic E-state index is 12.9. The van der Waals surface area contributed by atoms with Gasteiger partial charge in [-0.25, -0.2) is 0 Å². The molecule has 0 spiro atoms. The maximum Gasteiger partial charge on any atom is 0.261 e. The molecule has 1 N–H and O–H groups in total. The van der Waals surface area contributed by atoms with E-state index in [1.165, 1.54) is 0 Å². The van der Waals surface area contributed by atoms with Gasteiger partial charge in [0.15, 0.2) is 6.61 Å². The lowest BCUT2D eigenvalue weighted by atomic mass is 10.0. The number of rotatable bonds is 6. The molecule has 1 saturated heterocycles. The number of fused-ring (bicyclic) bond motifs is 1. The number of likely N-dealkylation sites (tertiary alicyclic amines) is 1. The van der Waals surface area contributed by atoms with Gasteiger partial charge in [-0.3, -0.25) is 9.59 Å². The standard InChI is InChI=1S/C23H26N2O5/c1-28-16-6-8-18(21(13-16)29-2)20-4-3-11-25(20)23(27)14-30-17-7-9-19-15(12-17)5-10-22(26)24-19/h6-9,12-13,20H,3-5,10-11,14H2,1-2H3,(H,24,26). The van der Waals surface area contributed by atoms with E-state index < -0.39 is 0 Å². The lowest BCUT2D eigenvalue weighted by molar-refractivity contribution is -0.134. The molecule has 0 radical (unpaired) electrons. The van der Waals surface area contributed by atoms with E-state index in [2.05, 4.69) is 5.32 Å². The summed E-state index contributed by atoms with van der Waals surface area (Å²) >= 11 is 0. The number of nitrogens with zero attached hydrogens (tertiary/aromatic N) is 1. The predicted molar refractivity (Wildman–Crippen MR) is 112 cm³/mol. The van der Waals surface area contributed by atoms with E-state index in [1.54, 1.807) is 20.3 Å². The van der Waals surface area contributed by atoms with E-state index in [1.807, 2.05) is 35.2 Å². The zero-order valence-corrected chi connectivity index (χ0v) is 17.3. The monoisotopic (exact) mass is 410 g/mol. The van der Waals surface area contributed by atoms with E-state index in [0.717, 1.165) is 41.2 Å². The first-order valence-electron chi connectivity index (χ1n) is 10.2. The van der Waals surface area contributed by atoms with E-state index in [4.69, 9.17) is 14.2 Å². The van der Waals surface area contributed by atoms with Gasteiger partial charge in [0, 0.05) is 30.3 Å². The molecule has 2 aliphatic rings. The number of hydrogen-bond donors (Lipinski definition) is 1. The van der Waals surface area contributed by atoms with Crippen molar-refractivity contribution in [3.63, 3.8) is 0 Å². The largest absolute Gasteiger partial charge is 0.497 e. The van der Waals surface area contributed by atoms with Gasteiger partial charge in [-0.2, -0.15) is 0 Å². The van der Waals surface area contributed by atoms with Gasteiger partial charge in [-0.1, -0.05) is 0 Å². The minimum Gasteiger partial charge on any atom is -0.497 e. The molecule has 4 rings (SSSR count). The number of hydrogen-bond acceptors (Lipinski definition) is 5. The Morgan fingerprint density at radius 2 is 1.93 bits per heavy atom. The number of ether oxygens (including phenoxy) is 3. The van der Waals surface area contributed by atoms with Gasteiger partial charge in [-0.15, -0.1) is 0 Å². The van der Waals surface area contributed by atoms with Crippen molar-refractivity contribution in [1.82, 2.24) is 4.90 Å². The molecule has 1 unspecified atom stereocenters. The number of aryl methyl sites for hydroxylation is 1. The maximum atomic E-state index is 12.9.